The molecule has 10 rings (SSSR count). The van der Waals surface area contributed by atoms with E-state index in [0.29, 0.717) is 60.7 Å². The zero-order valence-corrected chi connectivity index (χ0v) is 31.3. The van der Waals surface area contributed by atoms with Gasteiger partial charge in [-0.3, -0.25) is 28.7 Å². The van der Waals surface area contributed by atoms with Crippen molar-refractivity contribution in [2.75, 3.05) is 0 Å². The van der Waals surface area contributed by atoms with Crippen LogP contribution in [-0.2, 0) is 13.1 Å². The maximum atomic E-state index is 15.5. The number of hydrogen-bond acceptors (Lipinski definition) is 6. The van der Waals surface area contributed by atoms with E-state index in [0.717, 1.165) is 10.8 Å². The van der Waals surface area contributed by atoms with Gasteiger partial charge in [0, 0.05) is 46.1 Å². The van der Waals surface area contributed by atoms with Gasteiger partial charge in [-0.1, -0.05) is 36.4 Å². The molecule has 0 spiro atoms. The van der Waals surface area contributed by atoms with Gasteiger partial charge < -0.3 is 0 Å². The second-order valence-corrected chi connectivity index (χ2v) is 14.5. The molecule has 0 aliphatic rings. The summed E-state index contributed by atoms with van der Waals surface area (Å²) in [7, 11) is 0. The van der Waals surface area contributed by atoms with E-state index in [-0.39, 0.29) is 29.6 Å². The second-order valence-electron chi connectivity index (χ2n) is 14.5. The molecular weight excluding hydrogens is 769 g/mol. The molecule has 0 atom stereocenters. The van der Waals surface area contributed by atoms with Crippen molar-refractivity contribution < 1.29 is 17.6 Å². The van der Waals surface area contributed by atoms with E-state index in [2.05, 4.69) is 19.9 Å². The van der Waals surface area contributed by atoms with Gasteiger partial charge in [-0.2, -0.15) is 0 Å². The van der Waals surface area contributed by atoms with E-state index >= 15 is 17.6 Å². The molecule has 0 aliphatic carbocycles. The SMILES string of the molecule is O=c1c2ccccc2ncn1Cc1c(F)cc(-c2ccc3ncc(-c4ccc5c(=O)n(Cc6c(F)cc(-c7ccc8cnccc8c7)cc6F)cnc5c4)cc3c2)cc1F. The molecule has 290 valence electrons. The van der Waals surface area contributed by atoms with E-state index in [1.807, 2.05) is 24.3 Å². The molecule has 0 bridgehead atoms. The molecule has 4 heterocycles. The third kappa shape index (κ3) is 6.53. The minimum Gasteiger partial charge on any atom is -0.294 e. The Bertz CT molecular complexity index is 3470. The predicted octanol–water partition coefficient (Wildman–Crippen LogP) is 9.86. The van der Waals surface area contributed by atoms with Crippen molar-refractivity contribution in [1.29, 1.82) is 0 Å². The minimum absolute atomic E-state index is 0.259. The zero-order chi connectivity index (χ0) is 41.1. The number of para-hydroxylation sites is 1. The van der Waals surface area contributed by atoms with Crippen molar-refractivity contribution in [2.24, 2.45) is 0 Å². The van der Waals surface area contributed by atoms with Gasteiger partial charge in [0.05, 0.1) is 53.1 Å². The number of pyridine rings is 2. The Morgan fingerprint density at radius 1 is 0.433 bits per heavy atom. The summed E-state index contributed by atoms with van der Waals surface area (Å²) < 4.78 is 64.3. The Labute approximate surface area is 337 Å². The highest BCUT2D eigenvalue weighted by Gasteiger charge is 2.18. The van der Waals surface area contributed by atoms with Gasteiger partial charge in [0.2, 0.25) is 0 Å². The molecule has 12 heteroatoms. The lowest BCUT2D eigenvalue weighted by Gasteiger charge is -2.12. The topological polar surface area (TPSA) is 95.6 Å². The van der Waals surface area contributed by atoms with E-state index in [9.17, 15) is 9.59 Å². The molecule has 0 aliphatic heterocycles. The maximum absolute atomic E-state index is 15.5. The number of nitrogens with zero attached hydrogens (tertiary/aromatic N) is 6. The lowest BCUT2D eigenvalue weighted by atomic mass is 9.99. The molecule has 0 unspecified atom stereocenters. The molecule has 60 heavy (non-hydrogen) atoms. The van der Waals surface area contributed by atoms with E-state index in [1.165, 1.54) is 46.1 Å². The summed E-state index contributed by atoms with van der Waals surface area (Å²) >= 11 is 0. The summed E-state index contributed by atoms with van der Waals surface area (Å²) in [5, 5.41) is 3.10. The minimum atomic E-state index is -0.803. The molecule has 4 aromatic heterocycles. The Morgan fingerprint density at radius 3 is 1.67 bits per heavy atom. The Balaban J connectivity index is 0.908. The number of rotatable bonds is 7. The molecule has 8 nitrogen and oxygen atoms in total. The molecule has 0 N–H and O–H groups in total. The van der Waals surface area contributed by atoms with Crippen molar-refractivity contribution in [3.63, 3.8) is 0 Å². The molecule has 0 amide bonds. The summed E-state index contributed by atoms with van der Waals surface area (Å²) in [6.45, 7) is -0.689. The average molecular weight is 797 g/mol. The van der Waals surface area contributed by atoms with Crippen LogP contribution >= 0.6 is 0 Å². The summed E-state index contributed by atoms with van der Waals surface area (Å²) in [4.78, 5) is 43.9. The largest absolute Gasteiger partial charge is 0.294 e. The van der Waals surface area contributed by atoms with Crippen molar-refractivity contribution >= 4 is 43.5 Å². The molecule has 10 aromatic rings. The van der Waals surface area contributed by atoms with Gasteiger partial charge in [0.1, 0.15) is 23.3 Å². The van der Waals surface area contributed by atoms with Crippen LogP contribution in [0.3, 0.4) is 0 Å². The molecule has 0 radical (unpaired) electrons. The van der Waals surface area contributed by atoms with Crippen molar-refractivity contribution in [3.05, 3.63) is 202 Å². The van der Waals surface area contributed by atoms with Crippen LogP contribution < -0.4 is 11.1 Å². The highest BCUT2D eigenvalue weighted by atomic mass is 19.1. The number of benzene rings is 6. The summed E-state index contributed by atoms with van der Waals surface area (Å²) in [6, 6.07) is 31.2. The highest BCUT2D eigenvalue weighted by Crippen LogP contribution is 2.31. The predicted molar refractivity (Wildman–Crippen MR) is 223 cm³/mol. The monoisotopic (exact) mass is 796 g/mol. The fourth-order valence-corrected chi connectivity index (χ4v) is 7.58. The van der Waals surface area contributed by atoms with Gasteiger partial charge >= 0.3 is 0 Å². The average Bonchev–Trinajstić information content (AvgIpc) is 3.26. The molecule has 0 saturated heterocycles. The summed E-state index contributed by atoms with van der Waals surface area (Å²) in [5.41, 5.74) is 3.38. The van der Waals surface area contributed by atoms with Crippen molar-refractivity contribution in [2.45, 2.75) is 13.1 Å². The van der Waals surface area contributed by atoms with Crippen molar-refractivity contribution in [1.82, 2.24) is 29.1 Å². The van der Waals surface area contributed by atoms with Crippen LogP contribution in [0.5, 0.6) is 0 Å². The third-order valence-electron chi connectivity index (χ3n) is 10.8. The summed E-state index contributed by atoms with van der Waals surface area (Å²) in [6.07, 6.45) is 7.59. The fourth-order valence-electron chi connectivity index (χ4n) is 7.58. The maximum Gasteiger partial charge on any atom is 0.261 e. The first kappa shape index (κ1) is 36.5. The van der Waals surface area contributed by atoms with E-state index in [4.69, 9.17) is 0 Å². The van der Waals surface area contributed by atoms with E-state index in [1.54, 1.807) is 85.3 Å². The van der Waals surface area contributed by atoms with Gasteiger partial charge in [0.25, 0.3) is 11.1 Å². The zero-order valence-electron chi connectivity index (χ0n) is 31.3. The number of hydrogen-bond donors (Lipinski definition) is 0. The third-order valence-corrected chi connectivity index (χ3v) is 10.8. The van der Waals surface area contributed by atoms with Crippen LogP contribution in [-0.4, -0.2) is 29.1 Å². The Kier molecular flexibility index (Phi) is 8.82. The normalized spacial score (nSPS) is 11.6. The Hall–Kier alpha value is -7.86. The Morgan fingerprint density at radius 2 is 0.983 bits per heavy atom. The van der Waals surface area contributed by atoms with Crippen LogP contribution in [0.25, 0.3) is 76.9 Å². The van der Waals surface area contributed by atoms with Gasteiger partial charge in [0.15, 0.2) is 0 Å². The van der Waals surface area contributed by atoms with Gasteiger partial charge in [-0.25, -0.2) is 27.5 Å². The molecule has 0 saturated carbocycles. The number of aromatic nitrogens is 6. The van der Waals surface area contributed by atoms with Crippen LogP contribution in [0.15, 0.2) is 156 Å². The van der Waals surface area contributed by atoms with E-state index < -0.39 is 34.4 Å². The first-order chi connectivity index (χ1) is 29.2. The summed E-state index contributed by atoms with van der Waals surface area (Å²) in [5.74, 6) is -3.17. The van der Waals surface area contributed by atoms with Crippen LogP contribution in [0.1, 0.15) is 11.1 Å². The number of fused-ring (bicyclic) bond motifs is 4. The van der Waals surface area contributed by atoms with Gasteiger partial charge in [-0.05, 0) is 112 Å². The second kappa shape index (κ2) is 14.5. The van der Waals surface area contributed by atoms with Crippen LogP contribution in [0.2, 0.25) is 0 Å². The quantitative estimate of drug-likeness (QED) is 0.149. The number of halogens is 4. The van der Waals surface area contributed by atoms with Crippen LogP contribution in [0, 0.1) is 23.3 Å². The standard InChI is InChI=1S/C48H28F4N6O2/c49-40-16-32(27-5-6-31-21-53-12-11-30(31)13-27)17-41(50)39(40)24-58-26-56-46-20-29(7-9-37(46)48(58)60)35-15-34-14-28(8-10-44(34)54-22-35)33-18-42(51)38(43(52)19-33)23-57-25-55-45-4-2-1-3-36(45)47(57)59/h1-22,25-26H,23-24H2. The lowest BCUT2D eigenvalue weighted by Crippen LogP contribution is -2.22. The lowest BCUT2D eigenvalue weighted by molar-refractivity contribution is 0.541. The van der Waals surface area contributed by atoms with Gasteiger partial charge in [-0.15, -0.1) is 0 Å². The van der Waals surface area contributed by atoms with Crippen LogP contribution in [0.4, 0.5) is 17.6 Å². The smallest absolute Gasteiger partial charge is 0.261 e. The molecular formula is C48H28F4N6O2. The van der Waals surface area contributed by atoms with Crippen molar-refractivity contribution in [3.8, 4) is 33.4 Å². The first-order valence-corrected chi connectivity index (χ1v) is 18.8. The first-order valence-electron chi connectivity index (χ1n) is 18.8. The molecule has 0 fully saturated rings. The highest BCUT2D eigenvalue weighted by molar-refractivity contribution is 5.90. The molecule has 6 aromatic carbocycles. The fraction of sp³-hybridized carbons (Fsp3) is 0.0417.